The van der Waals surface area contributed by atoms with E-state index in [0.717, 1.165) is 23.6 Å². The first-order valence-electron chi connectivity index (χ1n) is 8.01. The van der Waals surface area contributed by atoms with E-state index in [-0.39, 0.29) is 0 Å². The van der Waals surface area contributed by atoms with Gasteiger partial charge in [0.25, 0.3) is 0 Å². The normalized spacial score (nSPS) is 18.2. The van der Waals surface area contributed by atoms with Gasteiger partial charge in [-0.25, -0.2) is 0 Å². The molecule has 6 heteroatoms. The molecule has 0 aliphatic carbocycles. The summed E-state index contributed by atoms with van der Waals surface area (Å²) < 4.78 is 5.79. The fraction of sp³-hybridized carbons (Fsp3) is 0.333. The summed E-state index contributed by atoms with van der Waals surface area (Å²) in [5, 5.41) is 12.1. The van der Waals surface area contributed by atoms with Crippen molar-refractivity contribution in [3.8, 4) is 5.75 Å². The van der Waals surface area contributed by atoms with Crippen LogP contribution < -0.4 is 10.1 Å². The maximum absolute atomic E-state index is 11.1. The highest BCUT2D eigenvalue weighted by atomic mass is 16.5. The van der Waals surface area contributed by atoms with Crippen LogP contribution in [0.2, 0.25) is 0 Å². The maximum atomic E-state index is 11.1. The standard InChI is InChI=1S/C18H21N3O3/c22-18(23)17-12-21(9-8-20-17)11-14-4-3-6-16(10-14)24-13-15-5-1-2-7-19-15/h1-7,10,17,20H,8-9,11-13H2,(H,22,23). The molecule has 2 N–H and O–H groups in total. The van der Waals surface area contributed by atoms with E-state index in [1.807, 2.05) is 42.5 Å². The predicted octanol–water partition coefficient (Wildman–Crippen LogP) is 1.52. The molecule has 1 aromatic heterocycles. The van der Waals surface area contributed by atoms with E-state index in [1.165, 1.54) is 0 Å². The molecule has 1 atom stereocenters. The van der Waals surface area contributed by atoms with Crippen molar-refractivity contribution in [1.29, 1.82) is 0 Å². The van der Waals surface area contributed by atoms with Crippen molar-refractivity contribution < 1.29 is 14.6 Å². The number of nitrogens with zero attached hydrogens (tertiary/aromatic N) is 2. The van der Waals surface area contributed by atoms with Gasteiger partial charge in [0, 0.05) is 32.4 Å². The third-order valence-electron chi connectivity index (χ3n) is 3.98. The minimum absolute atomic E-state index is 0.430. The van der Waals surface area contributed by atoms with Gasteiger partial charge in [-0.15, -0.1) is 0 Å². The average molecular weight is 327 g/mol. The highest BCUT2D eigenvalue weighted by Crippen LogP contribution is 2.17. The zero-order valence-corrected chi connectivity index (χ0v) is 13.4. The van der Waals surface area contributed by atoms with Crippen LogP contribution in [0.1, 0.15) is 11.3 Å². The lowest BCUT2D eigenvalue weighted by molar-refractivity contribution is -0.140. The lowest BCUT2D eigenvalue weighted by Gasteiger charge is -2.31. The van der Waals surface area contributed by atoms with Crippen LogP contribution in [0, 0.1) is 0 Å². The Balaban J connectivity index is 1.58. The molecule has 3 rings (SSSR count). The Kier molecular flexibility index (Phi) is 5.40. The number of aromatic nitrogens is 1. The summed E-state index contributed by atoms with van der Waals surface area (Å²) in [6, 6.07) is 13.2. The largest absolute Gasteiger partial charge is 0.487 e. The van der Waals surface area contributed by atoms with Crippen molar-refractivity contribution in [3.63, 3.8) is 0 Å². The van der Waals surface area contributed by atoms with Gasteiger partial charge in [-0.1, -0.05) is 18.2 Å². The molecule has 1 saturated heterocycles. The number of hydrogen-bond donors (Lipinski definition) is 2. The fourth-order valence-corrected chi connectivity index (χ4v) is 2.75. The molecule has 6 nitrogen and oxygen atoms in total. The number of nitrogens with one attached hydrogen (secondary N) is 1. The maximum Gasteiger partial charge on any atom is 0.322 e. The van der Waals surface area contributed by atoms with Crippen LogP contribution >= 0.6 is 0 Å². The molecule has 1 aliphatic heterocycles. The molecular formula is C18H21N3O3. The summed E-state index contributed by atoms with van der Waals surface area (Å²) >= 11 is 0. The number of hydrogen-bond acceptors (Lipinski definition) is 5. The van der Waals surface area contributed by atoms with Gasteiger partial charge in [0.2, 0.25) is 0 Å². The molecular weight excluding hydrogens is 306 g/mol. The van der Waals surface area contributed by atoms with E-state index in [9.17, 15) is 4.79 Å². The summed E-state index contributed by atoms with van der Waals surface area (Å²) in [6.45, 7) is 3.18. The van der Waals surface area contributed by atoms with Crippen LogP contribution in [0.25, 0.3) is 0 Å². The van der Waals surface area contributed by atoms with Gasteiger partial charge in [0.05, 0.1) is 5.69 Å². The topological polar surface area (TPSA) is 74.7 Å². The Morgan fingerprint density at radius 1 is 1.33 bits per heavy atom. The number of benzene rings is 1. The van der Waals surface area contributed by atoms with E-state index in [2.05, 4.69) is 15.2 Å². The monoisotopic (exact) mass is 327 g/mol. The predicted molar refractivity (Wildman–Crippen MR) is 89.7 cm³/mol. The van der Waals surface area contributed by atoms with Crippen LogP contribution in [0.4, 0.5) is 0 Å². The Morgan fingerprint density at radius 3 is 3.04 bits per heavy atom. The molecule has 126 valence electrons. The molecule has 0 radical (unpaired) electrons. The Labute approximate surface area is 141 Å². The van der Waals surface area contributed by atoms with Crippen LogP contribution in [-0.2, 0) is 17.9 Å². The number of ether oxygens (including phenoxy) is 1. The van der Waals surface area contributed by atoms with Gasteiger partial charge in [0.1, 0.15) is 18.4 Å². The van der Waals surface area contributed by atoms with Gasteiger partial charge in [0.15, 0.2) is 0 Å². The highest BCUT2D eigenvalue weighted by Gasteiger charge is 2.24. The first-order chi connectivity index (χ1) is 11.7. The second kappa shape index (κ2) is 7.90. The summed E-state index contributed by atoms with van der Waals surface area (Å²) in [6.07, 6.45) is 1.75. The van der Waals surface area contributed by atoms with Crippen molar-refractivity contribution in [3.05, 3.63) is 59.9 Å². The van der Waals surface area contributed by atoms with E-state index in [1.54, 1.807) is 6.20 Å². The Hall–Kier alpha value is -2.44. The zero-order chi connectivity index (χ0) is 16.8. The number of pyridine rings is 1. The third kappa shape index (κ3) is 4.53. The lowest BCUT2D eigenvalue weighted by Crippen LogP contribution is -2.53. The van der Waals surface area contributed by atoms with E-state index < -0.39 is 12.0 Å². The van der Waals surface area contributed by atoms with Crippen LogP contribution in [0.15, 0.2) is 48.7 Å². The van der Waals surface area contributed by atoms with Crippen molar-refractivity contribution >= 4 is 5.97 Å². The first-order valence-corrected chi connectivity index (χ1v) is 8.01. The van der Waals surface area contributed by atoms with Crippen LogP contribution in [0.3, 0.4) is 0 Å². The molecule has 2 aromatic rings. The van der Waals surface area contributed by atoms with Gasteiger partial charge < -0.3 is 15.2 Å². The summed E-state index contributed by atoms with van der Waals surface area (Å²) in [5.74, 6) is -0.00443. The second-order valence-corrected chi connectivity index (χ2v) is 5.84. The van der Waals surface area contributed by atoms with Gasteiger partial charge in [-0.05, 0) is 29.8 Å². The average Bonchev–Trinajstić information content (AvgIpc) is 2.61. The van der Waals surface area contributed by atoms with Crippen LogP contribution in [-0.4, -0.2) is 46.6 Å². The Bertz CT molecular complexity index is 678. The van der Waals surface area contributed by atoms with Gasteiger partial charge in [-0.3, -0.25) is 14.7 Å². The summed E-state index contributed by atoms with van der Waals surface area (Å²) in [5.41, 5.74) is 1.99. The fourth-order valence-electron chi connectivity index (χ4n) is 2.75. The number of carbonyl (C=O) groups is 1. The van der Waals surface area contributed by atoms with E-state index >= 15 is 0 Å². The zero-order valence-electron chi connectivity index (χ0n) is 13.4. The number of rotatable bonds is 6. The molecule has 1 aromatic carbocycles. The molecule has 1 unspecified atom stereocenters. The molecule has 24 heavy (non-hydrogen) atoms. The molecule has 0 spiro atoms. The minimum atomic E-state index is -0.799. The van der Waals surface area contributed by atoms with Gasteiger partial charge >= 0.3 is 5.97 Å². The van der Waals surface area contributed by atoms with Crippen molar-refractivity contribution in [2.45, 2.75) is 19.2 Å². The van der Waals surface area contributed by atoms with E-state index in [0.29, 0.717) is 26.2 Å². The quantitative estimate of drug-likeness (QED) is 0.838. The number of piperazine rings is 1. The van der Waals surface area contributed by atoms with Crippen molar-refractivity contribution in [2.24, 2.45) is 0 Å². The Morgan fingerprint density at radius 2 is 2.25 bits per heavy atom. The number of carboxylic acids is 1. The molecule has 1 fully saturated rings. The minimum Gasteiger partial charge on any atom is -0.487 e. The number of aliphatic carboxylic acids is 1. The highest BCUT2D eigenvalue weighted by molar-refractivity contribution is 5.73. The summed E-state index contributed by atoms with van der Waals surface area (Å²) in [7, 11) is 0. The van der Waals surface area contributed by atoms with Gasteiger partial charge in [-0.2, -0.15) is 0 Å². The van der Waals surface area contributed by atoms with Crippen molar-refractivity contribution in [2.75, 3.05) is 19.6 Å². The summed E-state index contributed by atoms with van der Waals surface area (Å²) in [4.78, 5) is 17.5. The number of carboxylic acid groups (broad SMARTS) is 1. The second-order valence-electron chi connectivity index (χ2n) is 5.84. The molecule has 1 aliphatic rings. The SMILES string of the molecule is O=C(O)C1CN(Cc2cccc(OCc3ccccn3)c2)CCN1. The van der Waals surface area contributed by atoms with Crippen molar-refractivity contribution in [1.82, 2.24) is 15.2 Å². The molecule has 0 amide bonds. The first kappa shape index (κ1) is 16.4. The van der Waals surface area contributed by atoms with E-state index in [4.69, 9.17) is 9.84 Å². The molecule has 0 bridgehead atoms. The van der Waals surface area contributed by atoms with Crippen LogP contribution in [0.5, 0.6) is 5.75 Å². The smallest absolute Gasteiger partial charge is 0.322 e. The molecule has 2 heterocycles. The lowest BCUT2D eigenvalue weighted by atomic mass is 10.1. The molecule has 0 saturated carbocycles. The third-order valence-corrected chi connectivity index (χ3v) is 3.98.